The summed E-state index contributed by atoms with van der Waals surface area (Å²) in [6.07, 6.45) is 4.28. The Bertz CT molecular complexity index is 1190. The molecule has 1 unspecified atom stereocenters. The smallest absolute Gasteiger partial charge is 0.117 e. The van der Waals surface area contributed by atoms with E-state index in [1.807, 2.05) is 36.4 Å². The fourth-order valence-electron chi connectivity index (χ4n) is 4.00. The van der Waals surface area contributed by atoms with Crippen molar-refractivity contribution in [2.24, 2.45) is 0 Å². The topological polar surface area (TPSA) is 57.4 Å². The first-order chi connectivity index (χ1) is 13.2. The third kappa shape index (κ3) is 2.72. The monoisotopic (exact) mass is 372 g/mol. The number of hydrogen-bond donors (Lipinski definition) is 1. The van der Waals surface area contributed by atoms with Crippen LogP contribution in [0.25, 0.3) is 22.3 Å². The Kier molecular flexibility index (Phi) is 3.77. The fourth-order valence-corrected chi connectivity index (χ4v) is 4.27. The molecule has 0 radical (unpaired) electrons. The summed E-state index contributed by atoms with van der Waals surface area (Å²) in [6.45, 7) is 0.974. The minimum absolute atomic E-state index is 0.218. The van der Waals surface area contributed by atoms with Gasteiger partial charge < -0.3 is 9.55 Å². The molecule has 132 valence electrons. The van der Waals surface area contributed by atoms with E-state index in [0.29, 0.717) is 5.56 Å². The highest BCUT2D eigenvalue weighted by molar-refractivity contribution is 6.31. The third-order valence-corrected chi connectivity index (χ3v) is 5.66. The first-order valence-electron chi connectivity index (χ1n) is 9.07. The number of aromatic nitrogens is 3. The molecule has 0 spiro atoms. The van der Waals surface area contributed by atoms with Crippen LogP contribution in [0.4, 0.5) is 0 Å². The Hall–Kier alpha value is -3.03. The van der Waals surface area contributed by atoms with Crippen LogP contribution in [0.1, 0.15) is 35.7 Å². The summed E-state index contributed by atoms with van der Waals surface area (Å²) in [6, 6.07) is 18.0. The van der Waals surface area contributed by atoms with E-state index in [1.54, 1.807) is 0 Å². The molecule has 1 atom stereocenters. The molecule has 5 rings (SSSR count). The average molecular weight is 373 g/mol. The van der Waals surface area contributed by atoms with Crippen LogP contribution in [-0.4, -0.2) is 14.5 Å². The van der Waals surface area contributed by atoms with E-state index in [0.717, 1.165) is 58.1 Å². The van der Waals surface area contributed by atoms with Gasteiger partial charge >= 0.3 is 0 Å². The molecule has 0 amide bonds. The van der Waals surface area contributed by atoms with E-state index in [-0.39, 0.29) is 5.92 Å². The van der Waals surface area contributed by atoms with Crippen molar-refractivity contribution in [3.63, 3.8) is 0 Å². The number of hydrogen-bond acceptors (Lipinski definition) is 2. The Labute approximate surface area is 162 Å². The molecule has 4 nitrogen and oxygen atoms in total. The standard InChI is InChI=1S/C22H17ClN4/c23-18-6-2-1-4-16(18)17-5-3-9-27-13-21(26-22(17)27)20-11-15-10-14(12-24)7-8-19(15)25-20/h1-2,4,6-8,10-11,13,17,25H,3,5,9H2. The highest BCUT2D eigenvalue weighted by Crippen LogP contribution is 2.37. The zero-order valence-corrected chi connectivity index (χ0v) is 15.4. The summed E-state index contributed by atoms with van der Waals surface area (Å²) in [5, 5.41) is 10.9. The molecule has 1 N–H and O–H groups in total. The summed E-state index contributed by atoms with van der Waals surface area (Å²) in [5.74, 6) is 1.29. The van der Waals surface area contributed by atoms with E-state index < -0.39 is 0 Å². The summed E-state index contributed by atoms with van der Waals surface area (Å²) in [7, 11) is 0. The molecule has 0 bridgehead atoms. The van der Waals surface area contributed by atoms with Crippen molar-refractivity contribution in [3.05, 3.63) is 76.7 Å². The normalized spacial score (nSPS) is 16.2. The molecule has 0 saturated heterocycles. The van der Waals surface area contributed by atoms with Crippen LogP contribution < -0.4 is 0 Å². The van der Waals surface area contributed by atoms with Gasteiger partial charge in [0.25, 0.3) is 0 Å². The van der Waals surface area contributed by atoms with Gasteiger partial charge in [-0.1, -0.05) is 29.8 Å². The molecule has 2 aromatic heterocycles. The quantitative estimate of drug-likeness (QED) is 0.506. The Morgan fingerprint density at radius 1 is 1.19 bits per heavy atom. The van der Waals surface area contributed by atoms with E-state index in [9.17, 15) is 0 Å². The average Bonchev–Trinajstić information content (AvgIpc) is 3.31. The van der Waals surface area contributed by atoms with E-state index in [1.165, 1.54) is 0 Å². The molecule has 4 aromatic rings. The van der Waals surface area contributed by atoms with Crippen molar-refractivity contribution < 1.29 is 0 Å². The molecule has 3 heterocycles. The highest BCUT2D eigenvalue weighted by atomic mass is 35.5. The number of nitrogens with zero attached hydrogens (tertiary/aromatic N) is 3. The summed E-state index contributed by atoms with van der Waals surface area (Å²) in [4.78, 5) is 8.39. The lowest BCUT2D eigenvalue weighted by Crippen LogP contribution is -2.16. The van der Waals surface area contributed by atoms with E-state index in [2.05, 4.69) is 33.9 Å². The van der Waals surface area contributed by atoms with Crippen LogP contribution in [0.3, 0.4) is 0 Å². The largest absolute Gasteiger partial charge is 0.353 e. The molecule has 0 fully saturated rings. The van der Waals surface area contributed by atoms with Crippen molar-refractivity contribution >= 4 is 22.5 Å². The van der Waals surface area contributed by atoms with Gasteiger partial charge in [0.05, 0.1) is 17.3 Å². The van der Waals surface area contributed by atoms with E-state index >= 15 is 0 Å². The van der Waals surface area contributed by atoms with Crippen molar-refractivity contribution in [3.8, 4) is 17.5 Å². The number of fused-ring (bicyclic) bond motifs is 2. The number of benzene rings is 2. The number of rotatable bonds is 2. The van der Waals surface area contributed by atoms with Gasteiger partial charge in [-0.2, -0.15) is 5.26 Å². The summed E-state index contributed by atoms with van der Waals surface area (Å²) in [5.41, 5.74) is 4.72. The fraction of sp³-hybridized carbons (Fsp3) is 0.182. The molecular formula is C22H17ClN4. The Balaban J connectivity index is 1.59. The first kappa shape index (κ1) is 16.2. The van der Waals surface area contributed by atoms with Gasteiger partial charge in [-0.3, -0.25) is 0 Å². The predicted octanol–water partition coefficient (Wildman–Crippen LogP) is 5.48. The second-order valence-electron chi connectivity index (χ2n) is 6.99. The van der Waals surface area contributed by atoms with Gasteiger partial charge in [0.1, 0.15) is 11.5 Å². The van der Waals surface area contributed by atoms with Crippen LogP contribution in [-0.2, 0) is 6.54 Å². The number of aryl methyl sites for hydroxylation is 1. The second kappa shape index (κ2) is 6.29. The summed E-state index contributed by atoms with van der Waals surface area (Å²) < 4.78 is 2.25. The van der Waals surface area contributed by atoms with E-state index in [4.69, 9.17) is 21.8 Å². The number of aromatic amines is 1. The van der Waals surface area contributed by atoms with Crippen LogP contribution in [0.2, 0.25) is 5.02 Å². The van der Waals surface area contributed by atoms with Gasteiger partial charge in [-0.05, 0) is 48.7 Å². The van der Waals surface area contributed by atoms with Gasteiger partial charge in [-0.25, -0.2) is 4.98 Å². The molecule has 5 heteroatoms. The minimum atomic E-state index is 0.218. The number of nitriles is 1. The SMILES string of the molecule is N#Cc1ccc2[nH]c(-c3cn4c(n3)C(c3ccccc3Cl)CCC4)cc2c1. The molecule has 0 aliphatic carbocycles. The zero-order valence-electron chi connectivity index (χ0n) is 14.6. The molecule has 2 aromatic carbocycles. The lowest BCUT2D eigenvalue weighted by Gasteiger charge is -2.24. The molecule has 1 aliphatic heterocycles. The lowest BCUT2D eigenvalue weighted by atomic mass is 9.91. The number of halogens is 1. The number of imidazole rings is 1. The highest BCUT2D eigenvalue weighted by Gasteiger charge is 2.26. The van der Waals surface area contributed by atoms with Crippen LogP contribution >= 0.6 is 11.6 Å². The van der Waals surface area contributed by atoms with Crippen molar-refractivity contribution in [2.75, 3.05) is 0 Å². The van der Waals surface area contributed by atoms with Crippen LogP contribution in [0.5, 0.6) is 0 Å². The molecule has 27 heavy (non-hydrogen) atoms. The summed E-state index contributed by atoms with van der Waals surface area (Å²) >= 11 is 6.46. The first-order valence-corrected chi connectivity index (χ1v) is 9.45. The minimum Gasteiger partial charge on any atom is -0.353 e. The van der Waals surface area contributed by atoms with Gasteiger partial charge in [0.15, 0.2) is 0 Å². The van der Waals surface area contributed by atoms with Crippen molar-refractivity contribution in [1.29, 1.82) is 5.26 Å². The molecular weight excluding hydrogens is 356 g/mol. The predicted molar refractivity (Wildman–Crippen MR) is 107 cm³/mol. The van der Waals surface area contributed by atoms with Gasteiger partial charge in [-0.15, -0.1) is 0 Å². The van der Waals surface area contributed by atoms with Crippen molar-refractivity contribution in [1.82, 2.24) is 14.5 Å². The molecule has 0 saturated carbocycles. The van der Waals surface area contributed by atoms with Crippen LogP contribution in [0, 0.1) is 11.3 Å². The lowest BCUT2D eigenvalue weighted by molar-refractivity contribution is 0.480. The Morgan fingerprint density at radius 2 is 2.07 bits per heavy atom. The Morgan fingerprint density at radius 3 is 2.93 bits per heavy atom. The van der Waals surface area contributed by atoms with Crippen LogP contribution in [0.15, 0.2) is 54.7 Å². The maximum absolute atomic E-state index is 9.10. The maximum atomic E-state index is 9.10. The third-order valence-electron chi connectivity index (χ3n) is 5.32. The molecule has 1 aliphatic rings. The van der Waals surface area contributed by atoms with Gasteiger partial charge in [0.2, 0.25) is 0 Å². The number of nitrogens with one attached hydrogen (secondary N) is 1. The number of H-pyrrole nitrogens is 1. The van der Waals surface area contributed by atoms with Crippen molar-refractivity contribution in [2.45, 2.75) is 25.3 Å². The van der Waals surface area contributed by atoms with Gasteiger partial charge in [0, 0.05) is 34.6 Å². The second-order valence-corrected chi connectivity index (χ2v) is 7.40. The zero-order chi connectivity index (χ0) is 18.4. The maximum Gasteiger partial charge on any atom is 0.117 e.